The predicted octanol–water partition coefficient (Wildman–Crippen LogP) is 3.78. The van der Waals surface area contributed by atoms with Gasteiger partial charge >= 0.3 is 0 Å². The third kappa shape index (κ3) is 4.17. The molecule has 5 heteroatoms. The van der Waals surface area contributed by atoms with E-state index in [0.29, 0.717) is 6.42 Å². The molecule has 0 spiro atoms. The highest BCUT2D eigenvalue weighted by atomic mass is 32.2. The van der Waals surface area contributed by atoms with E-state index in [2.05, 4.69) is 18.7 Å². The van der Waals surface area contributed by atoms with Crippen LogP contribution in [0.4, 0.5) is 8.78 Å². The SMILES string of the molecule is CCN(CC)C(=S)SC[C@@H]1CCC(F)(F)C1. The van der Waals surface area contributed by atoms with Crippen molar-refractivity contribution in [3.8, 4) is 0 Å². The summed E-state index contributed by atoms with van der Waals surface area (Å²) in [6, 6.07) is 0. The maximum absolute atomic E-state index is 13.0. The molecule has 0 radical (unpaired) electrons. The number of thioether (sulfide) groups is 1. The molecule has 0 aliphatic heterocycles. The van der Waals surface area contributed by atoms with Crippen LogP contribution in [0.5, 0.6) is 0 Å². The van der Waals surface area contributed by atoms with Crippen molar-refractivity contribution in [2.45, 2.75) is 39.0 Å². The number of hydrogen-bond donors (Lipinski definition) is 0. The minimum Gasteiger partial charge on any atom is -0.358 e. The van der Waals surface area contributed by atoms with Crippen molar-refractivity contribution < 1.29 is 8.78 Å². The van der Waals surface area contributed by atoms with E-state index in [-0.39, 0.29) is 18.8 Å². The Morgan fingerprint density at radius 1 is 1.44 bits per heavy atom. The van der Waals surface area contributed by atoms with Crippen LogP contribution >= 0.6 is 24.0 Å². The first-order valence-corrected chi connectivity index (χ1v) is 7.17. The summed E-state index contributed by atoms with van der Waals surface area (Å²) in [4.78, 5) is 2.09. The number of nitrogens with zero attached hydrogens (tertiary/aromatic N) is 1. The highest BCUT2D eigenvalue weighted by Crippen LogP contribution is 2.40. The number of alkyl halides is 2. The first kappa shape index (κ1) is 14.2. The Labute approximate surface area is 106 Å². The lowest BCUT2D eigenvalue weighted by Gasteiger charge is -2.21. The van der Waals surface area contributed by atoms with Gasteiger partial charge in [-0.25, -0.2) is 8.78 Å². The number of halogens is 2. The third-order valence-electron chi connectivity index (χ3n) is 2.97. The van der Waals surface area contributed by atoms with E-state index in [1.807, 2.05) is 0 Å². The molecule has 94 valence electrons. The molecule has 0 saturated heterocycles. The number of hydrogen-bond acceptors (Lipinski definition) is 2. The normalized spacial score (nSPS) is 23.4. The van der Waals surface area contributed by atoms with Gasteiger partial charge in [-0.05, 0) is 26.2 Å². The molecule has 0 aromatic heterocycles. The van der Waals surface area contributed by atoms with Crippen molar-refractivity contribution in [3.05, 3.63) is 0 Å². The Morgan fingerprint density at radius 2 is 2.06 bits per heavy atom. The van der Waals surface area contributed by atoms with Crippen molar-refractivity contribution in [2.75, 3.05) is 18.8 Å². The van der Waals surface area contributed by atoms with Crippen LogP contribution in [0.15, 0.2) is 0 Å². The molecular formula is C11H19F2NS2. The molecule has 1 atom stereocenters. The summed E-state index contributed by atoms with van der Waals surface area (Å²) >= 11 is 6.82. The molecule has 0 aromatic rings. The quantitative estimate of drug-likeness (QED) is 0.714. The Hall–Kier alpha value is 0.1000. The summed E-state index contributed by atoms with van der Waals surface area (Å²) < 4.78 is 26.8. The predicted molar refractivity (Wildman–Crippen MR) is 70.3 cm³/mol. The molecule has 0 amide bonds. The van der Waals surface area contributed by atoms with Crippen molar-refractivity contribution in [3.63, 3.8) is 0 Å². The van der Waals surface area contributed by atoms with E-state index in [4.69, 9.17) is 12.2 Å². The van der Waals surface area contributed by atoms with Gasteiger partial charge in [0.1, 0.15) is 4.32 Å². The fourth-order valence-electron chi connectivity index (χ4n) is 1.95. The first-order valence-electron chi connectivity index (χ1n) is 5.78. The zero-order chi connectivity index (χ0) is 12.2. The molecule has 1 aliphatic rings. The zero-order valence-corrected chi connectivity index (χ0v) is 11.5. The van der Waals surface area contributed by atoms with Crippen LogP contribution in [0.1, 0.15) is 33.1 Å². The standard InChI is InChI=1S/C11H19F2NS2/c1-3-14(4-2)10(15)16-8-9-5-6-11(12,13)7-9/h9H,3-8H2,1-2H3/t9-/m1/s1. The molecule has 0 unspecified atom stereocenters. The summed E-state index contributed by atoms with van der Waals surface area (Å²) in [6.45, 7) is 5.90. The molecule has 1 nitrogen and oxygen atoms in total. The minimum atomic E-state index is -2.43. The van der Waals surface area contributed by atoms with Gasteiger partial charge in [0, 0.05) is 31.7 Å². The topological polar surface area (TPSA) is 3.24 Å². The van der Waals surface area contributed by atoms with Gasteiger partial charge < -0.3 is 4.90 Å². The van der Waals surface area contributed by atoms with Crippen LogP contribution in [-0.4, -0.2) is 34.0 Å². The van der Waals surface area contributed by atoms with Gasteiger partial charge in [0.05, 0.1) is 0 Å². The van der Waals surface area contributed by atoms with E-state index in [0.717, 1.165) is 23.2 Å². The molecule has 0 heterocycles. The molecule has 0 aromatic carbocycles. The number of thiocarbonyl (C=S) groups is 1. The highest BCUT2D eigenvalue weighted by molar-refractivity contribution is 8.22. The monoisotopic (exact) mass is 267 g/mol. The molecule has 0 N–H and O–H groups in total. The summed E-state index contributed by atoms with van der Waals surface area (Å²) in [5.41, 5.74) is 0. The van der Waals surface area contributed by atoms with E-state index in [1.54, 1.807) is 11.8 Å². The minimum absolute atomic E-state index is 0.0425. The lowest BCUT2D eigenvalue weighted by molar-refractivity contribution is 0.00597. The van der Waals surface area contributed by atoms with Crippen LogP contribution < -0.4 is 0 Å². The van der Waals surface area contributed by atoms with E-state index < -0.39 is 5.92 Å². The fourth-order valence-corrected chi connectivity index (χ4v) is 3.51. The third-order valence-corrected chi connectivity index (χ3v) is 4.72. The Bertz CT molecular complexity index is 242. The van der Waals surface area contributed by atoms with Crippen LogP contribution in [0.25, 0.3) is 0 Å². The zero-order valence-electron chi connectivity index (χ0n) is 9.84. The molecule has 1 aliphatic carbocycles. The highest BCUT2D eigenvalue weighted by Gasteiger charge is 2.39. The average Bonchev–Trinajstić information content (AvgIpc) is 2.57. The molecule has 1 rings (SSSR count). The van der Waals surface area contributed by atoms with Gasteiger partial charge in [0.2, 0.25) is 5.92 Å². The largest absolute Gasteiger partial charge is 0.358 e. The van der Waals surface area contributed by atoms with E-state index >= 15 is 0 Å². The number of rotatable bonds is 4. The second-order valence-corrected chi connectivity index (χ2v) is 5.87. The lowest BCUT2D eigenvalue weighted by Crippen LogP contribution is -2.27. The Kier molecular flexibility index (Phi) is 5.44. The smallest absolute Gasteiger partial charge is 0.248 e. The lowest BCUT2D eigenvalue weighted by atomic mass is 10.1. The van der Waals surface area contributed by atoms with Crippen LogP contribution in [0, 0.1) is 5.92 Å². The van der Waals surface area contributed by atoms with Gasteiger partial charge in [-0.15, -0.1) is 0 Å². The molecule has 1 saturated carbocycles. The van der Waals surface area contributed by atoms with E-state index in [1.165, 1.54) is 0 Å². The maximum atomic E-state index is 13.0. The summed E-state index contributed by atoms with van der Waals surface area (Å²) in [6.07, 6.45) is 0.734. The molecule has 16 heavy (non-hydrogen) atoms. The van der Waals surface area contributed by atoms with Crippen molar-refractivity contribution in [1.29, 1.82) is 0 Å². The Balaban J connectivity index is 2.27. The van der Waals surface area contributed by atoms with Crippen molar-refractivity contribution in [2.24, 2.45) is 5.92 Å². The first-order chi connectivity index (χ1) is 7.48. The van der Waals surface area contributed by atoms with Crippen molar-refractivity contribution >= 4 is 28.3 Å². The molecule has 0 bridgehead atoms. The van der Waals surface area contributed by atoms with Gasteiger partial charge in [-0.1, -0.05) is 24.0 Å². The van der Waals surface area contributed by atoms with Gasteiger partial charge in [-0.3, -0.25) is 0 Å². The summed E-state index contributed by atoms with van der Waals surface area (Å²) in [7, 11) is 0. The van der Waals surface area contributed by atoms with Crippen molar-refractivity contribution in [1.82, 2.24) is 4.90 Å². The molecule has 1 fully saturated rings. The van der Waals surface area contributed by atoms with Gasteiger partial charge in [0.15, 0.2) is 0 Å². The van der Waals surface area contributed by atoms with Crippen LogP contribution in [0.2, 0.25) is 0 Å². The Morgan fingerprint density at radius 3 is 2.50 bits per heavy atom. The van der Waals surface area contributed by atoms with Crippen LogP contribution in [-0.2, 0) is 0 Å². The second kappa shape index (κ2) is 6.15. The fraction of sp³-hybridized carbons (Fsp3) is 0.909. The molecular weight excluding hydrogens is 248 g/mol. The van der Waals surface area contributed by atoms with E-state index in [9.17, 15) is 8.78 Å². The van der Waals surface area contributed by atoms with Gasteiger partial charge in [-0.2, -0.15) is 0 Å². The van der Waals surface area contributed by atoms with Crippen LogP contribution in [0.3, 0.4) is 0 Å². The summed E-state index contributed by atoms with van der Waals surface area (Å²) in [5.74, 6) is -1.55. The maximum Gasteiger partial charge on any atom is 0.248 e. The van der Waals surface area contributed by atoms with Gasteiger partial charge in [0.25, 0.3) is 0 Å². The second-order valence-electron chi connectivity index (χ2n) is 4.21. The summed E-state index contributed by atoms with van der Waals surface area (Å²) in [5, 5.41) is 0. The average molecular weight is 267 g/mol.